The van der Waals surface area contributed by atoms with Gasteiger partial charge >= 0.3 is 6.16 Å². The van der Waals surface area contributed by atoms with Gasteiger partial charge in [0.05, 0.1) is 0 Å². The Morgan fingerprint density at radius 2 is 1.65 bits per heavy atom. The highest BCUT2D eigenvalue weighted by Gasteiger charge is 2.19. The van der Waals surface area contributed by atoms with Crippen LogP contribution in [0.15, 0.2) is 16.6 Å². The van der Waals surface area contributed by atoms with E-state index in [1.54, 1.807) is 20.8 Å². The van der Waals surface area contributed by atoms with Crippen LogP contribution in [0.5, 0.6) is 5.75 Å². The van der Waals surface area contributed by atoms with Gasteiger partial charge in [-0.05, 0) is 57.9 Å². The zero-order chi connectivity index (χ0) is 13.2. The Morgan fingerprint density at radius 1 is 1.18 bits per heavy atom. The molecule has 0 aliphatic heterocycles. The number of hydrogen-bond acceptors (Lipinski definition) is 3. The van der Waals surface area contributed by atoms with E-state index < -0.39 is 11.8 Å². The van der Waals surface area contributed by atoms with E-state index in [1.165, 1.54) is 0 Å². The van der Waals surface area contributed by atoms with Crippen LogP contribution in [0.4, 0.5) is 4.79 Å². The van der Waals surface area contributed by atoms with E-state index in [2.05, 4.69) is 15.9 Å². The summed E-state index contributed by atoms with van der Waals surface area (Å²) in [5, 5.41) is 0. The molecule has 0 saturated carbocycles. The molecule has 3 nitrogen and oxygen atoms in total. The minimum absolute atomic E-state index is 0.547. The Balaban J connectivity index is 2.86. The maximum atomic E-state index is 11.6. The molecule has 0 unspecified atom stereocenters. The first-order valence-electron chi connectivity index (χ1n) is 5.36. The second-order valence-electron chi connectivity index (χ2n) is 4.94. The number of benzene rings is 1. The third-order valence-electron chi connectivity index (χ3n) is 2.00. The number of carbonyl (C=O) groups excluding carboxylic acids is 1. The van der Waals surface area contributed by atoms with Gasteiger partial charge in [0.2, 0.25) is 0 Å². The van der Waals surface area contributed by atoms with Crippen LogP contribution in [-0.4, -0.2) is 11.8 Å². The number of halogens is 1. The molecule has 0 spiro atoms. The Morgan fingerprint density at radius 3 is 2.06 bits per heavy atom. The van der Waals surface area contributed by atoms with Gasteiger partial charge in [-0.25, -0.2) is 4.79 Å². The minimum Gasteiger partial charge on any atom is -0.428 e. The smallest absolute Gasteiger partial charge is 0.428 e. The molecule has 0 bridgehead atoms. The molecule has 0 fully saturated rings. The van der Waals surface area contributed by atoms with Crippen molar-refractivity contribution in [2.45, 2.75) is 40.2 Å². The Kier molecular flexibility index (Phi) is 4.20. The predicted octanol–water partition coefficient (Wildman–Crippen LogP) is 4.38. The molecule has 0 amide bonds. The third kappa shape index (κ3) is 4.38. The second-order valence-corrected chi connectivity index (χ2v) is 5.85. The van der Waals surface area contributed by atoms with Crippen molar-refractivity contribution in [3.8, 4) is 5.75 Å². The highest BCUT2D eigenvalue weighted by atomic mass is 79.9. The van der Waals surface area contributed by atoms with Crippen LogP contribution in [0.25, 0.3) is 0 Å². The van der Waals surface area contributed by atoms with E-state index in [0.29, 0.717) is 5.75 Å². The fourth-order valence-electron chi connectivity index (χ4n) is 1.41. The molecule has 1 aromatic rings. The van der Waals surface area contributed by atoms with E-state index in [4.69, 9.17) is 9.47 Å². The molecule has 0 aliphatic carbocycles. The van der Waals surface area contributed by atoms with E-state index >= 15 is 0 Å². The highest BCUT2D eigenvalue weighted by molar-refractivity contribution is 9.10. The molecule has 4 heteroatoms. The first-order chi connectivity index (χ1) is 7.69. The zero-order valence-electron chi connectivity index (χ0n) is 10.8. The van der Waals surface area contributed by atoms with Crippen molar-refractivity contribution < 1.29 is 14.3 Å². The van der Waals surface area contributed by atoms with E-state index in [9.17, 15) is 4.79 Å². The predicted molar refractivity (Wildman–Crippen MR) is 70.5 cm³/mol. The molecule has 1 aromatic carbocycles. The van der Waals surface area contributed by atoms with Gasteiger partial charge in [0.1, 0.15) is 11.4 Å². The highest BCUT2D eigenvalue weighted by Crippen LogP contribution is 2.28. The van der Waals surface area contributed by atoms with Crippen molar-refractivity contribution in [3.05, 3.63) is 27.7 Å². The van der Waals surface area contributed by atoms with E-state index in [1.807, 2.05) is 26.0 Å². The largest absolute Gasteiger partial charge is 0.514 e. The Labute approximate surface area is 110 Å². The summed E-state index contributed by atoms with van der Waals surface area (Å²) < 4.78 is 11.3. The third-order valence-corrected chi connectivity index (χ3v) is 2.46. The quantitative estimate of drug-likeness (QED) is 0.570. The molecule has 0 aliphatic rings. The lowest BCUT2D eigenvalue weighted by Gasteiger charge is -2.19. The van der Waals surface area contributed by atoms with Gasteiger partial charge in [-0.1, -0.05) is 15.9 Å². The topological polar surface area (TPSA) is 35.5 Å². The fourth-order valence-corrected chi connectivity index (χ4v) is 2.10. The maximum Gasteiger partial charge on any atom is 0.514 e. The molecule has 94 valence electrons. The SMILES string of the molecule is Cc1cc(Br)cc(C)c1OC(=O)OC(C)(C)C. The summed E-state index contributed by atoms with van der Waals surface area (Å²) in [4.78, 5) is 11.6. The fraction of sp³-hybridized carbons (Fsp3) is 0.462. The molecular formula is C13H17BrO3. The van der Waals surface area contributed by atoms with Crippen LogP contribution in [0.2, 0.25) is 0 Å². The van der Waals surface area contributed by atoms with Crippen LogP contribution in [0.1, 0.15) is 31.9 Å². The number of hydrogen-bond donors (Lipinski definition) is 0. The van der Waals surface area contributed by atoms with Gasteiger partial charge in [-0.3, -0.25) is 0 Å². The van der Waals surface area contributed by atoms with Crippen LogP contribution >= 0.6 is 15.9 Å². The van der Waals surface area contributed by atoms with E-state index in [-0.39, 0.29) is 0 Å². The van der Waals surface area contributed by atoms with Crippen molar-refractivity contribution in [2.75, 3.05) is 0 Å². The average molecular weight is 301 g/mol. The number of rotatable bonds is 1. The average Bonchev–Trinajstić information content (AvgIpc) is 2.08. The standard InChI is InChI=1S/C13H17BrO3/c1-8-6-10(14)7-9(2)11(8)16-12(15)17-13(3,4)5/h6-7H,1-5H3. The summed E-state index contributed by atoms with van der Waals surface area (Å²) in [6, 6.07) is 3.79. The molecule has 0 aromatic heterocycles. The first-order valence-corrected chi connectivity index (χ1v) is 6.16. The molecule has 0 radical (unpaired) electrons. The Bertz CT molecular complexity index is 410. The van der Waals surface area contributed by atoms with Gasteiger partial charge in [0, 0.05) is 4.47 Å². The summed E-state index contributed by atoms with van der Waals surface area (Å²) in [6.45, 7) is 9.18. The van der Waals surface area contributed by atoms with Crippen LogP contribution in [-0.2, 0) is 4.74 Å². The van der Waals surface area contributed by atoms with Gasteiger partial charge in [0.25, 0.3) is 0 Å². The number of ether oxygens (including phenoxy) is 2. The second kappa shape index (κ2) is 5.08. The monoisotopic (exact) mass is 300 g/mol. The molecule has 0 heterocycles. The molecule has 0 atom stereocenters. The van der Waals surface area contributed by atoms with Gasteiger partial charge in [0.15, 0.2) is 0 Å². The van der Waals surface area contributed by atoms with E-state index in [0.717, 1.165) is 15.6 Å². The number of aryl methyl sites for hydroxylation is 2. The lowest BCUT2D eigenvalue weighted by Crippen LogP contribution is -2.26. The van der Waals surface area contributed by atoms with Gasteiger partial charge in [-0.15, -0.1) is 0 Å². The van der Waals surface area contributed by atoms with Crippen molar-refractivity contribution >= 4 is 22.1 Å². The summed E-state index contributed by atoms with van der Waals surface area (Å²) in [7, 11) is 0. The van der Waals surface area contributed by atoms with Crippen molar-refractivity contribution in [3.63, 3.8) is 0 Å². The van der Waals surface area contributed by atoms with Gasteiger partial charge < -0.3 is 9.47 Å². The lowest BCUT2D eigenvalue weighted by molar-refractivity contribution is 0.0203. The van der Waals surface area contributed by atoms with Crippen molar-refractivity contribution in [1.82, 2.24) is 0 Å². The normalized spacial score (nSPS) is 11.2. The summed E-state index contributed by atoms with van der Waals surface area (Å²) >= 11 is 3.39. The van der Waals surface area contributed by atoms with Crippen LogP contribution in [0.3, 0.4) is 0 Å². The van der Waals surface area contributed by atoms with Gasteiger partial charge in [-0.2, -0.15) is 0 Å². The lowest BCUT2D eigenvalue weighted by atomic mass is 10.1. The molecule has 0 N–H and O–H groups in total. The van der Waals surface area contributed by atoms with Crippen LogP contribution in [0, 0.1) is 13.8 Å². The summed E-state index contributed by atoms with van der Waals surface area (Å²) in [6.07, 6.45) is -0.675. The molecular weight excluding hydrogens is 284 g/mol. The van der Waals surface area contributed by atoms with Crippen LogP contribution < -0.4 is 4.74 Å². The summed E-state index contributed by atoms with van der Waals surface area (Å²) in [5.41, 5.74) is 1.24. The zero-order valence-corrected chi connectivity index (χ0v) is 12.3. The Hall–Kier alpha value is -1.03. The summed E-state index contributed by atoms with van der Waals surface area (Å²) in [5.74, 6) is 0.558. The molecule has 0 saturated heterocycles. The van der Waals surface area contributed by atoms with Crippen molar-refractivity contribution in [2.24, 2.45) is 0 Å². The van der Waals surface area contributed by atoms with Crippen molar-refractivity contribution in [1.29, 1.82) is 0 Å². The number of carbonyl (C=O) groups is 1. The molecule has 1 rings (SSSR count). The maximum absolute atomic E-state index is 11.6. The first kappa shape index (κ1) is 14.0. The molecule has 17 heavy (non-hydrogen) atoms. The minimum atomic E-state index is -0.675.